The summed E-state index contributed by atoms with van der Waals surface area (Å²) >= 11 is 0. The highest BCUT2D eigenvalue weighted by Crippen LogP contribution is 2.42. The lowest BCUT2D eigenvalue weighted by molar-refractivity contribution is 0.0183. The molecule has 5 rings (SSSR count). The van der Waals surface area contributed by atoms with E-state index in [-0.39, 0.29) is 17.9 Å². The minimum Gasteiger partial charge on any atom is -0.489 e. The molecule has 2 atom stereocenters. The second kappa shape index (κ2) is 12.6. The summed E-state index contributed by atoms with van der Waals surface area (Å²) in [6, 6.07) is 26.2. The Morgan fingerprint density at radius 1 is 0.860 bits per heavy atom. The van der Waals surface area contributed by atoms with E-state index in [0.717, 1.165) is 45.2 Å². The third-order valence-electron chi connectivity index (χ3n) is 8.05. The number of ether oxygens (including phenoxy) is 2. The van der Waals surface area contributed by atoms with Gasteiger partial charge in [0.2, 0.25) is 0 Å². The Morgan fingerprint density at radius 2 is 1.56 bits per heavy atom. The Balaban J connectivity index is 1.46. The predicted octanol–water partition coefficient (Wildman–Crippen LogP) is 9.34. The maximum Gasteiger partial charge on any atom is 0.410 e. The average Bonchev–Trinajstić information content (AvgIpc) is 2.95. The highest BCUT2D eigenvalue weighted by molar-refractivity contribution is 5.70. The van der Waals surface area contributed by atoms with Gasteiger partial charge in [0.25, 0.3) is 0 Å². The van der Waals surface area contributed by atoms with Crippen LogP contribution in [-0.4, -0.2) is 29.7 Å². The molecule has 0 aliphatic carbocycles. The van der Waals surface area contributed by atoms with Crippen LogP contribution in [0, 0.1) is 25.5 Å². The van der Waals surface area contributed by atoms with E-state index in [2.05, 4.69) is 37.3 Å². The van der Waals surface area contributed by atoms with Crippen molar-refractivity contribution in [1.82, 2.24) is 4.90 Å². The molecule has 0 radical (unpaired) electrons. The zero-order valence-electron chi connectivity index (χ0n) is 25.5. The molecule has 1 heterocycles. The van der Waals surface area contributed by atoms with Crippen LogP contribution in [0.5, 0.6) is 5.75 Å². The summed E-state index contributed by atoms with van der Waals surface area (Å²) in [6.45, 7) is 10.9. The van der Waals surface area contributed by atoms with Gasteiger partial charge >= 0.3 is 6.09 Å². The van der Waals surface area contributed by atoms with Crippen molar-refractivity contribution < 1.29 is 23.0 Å². The molecule has 0 unspecified atom stereocenters. The largest absolute Gasteiger partial charge is 0.489 e. The number of halogens is 2. The second-order valence-corrected chi connectivity index (χ2v) is 12.4. The SMILES string of the molecule is Cc1ccccc1OCc1ccccc1-c1ccc([C@H]2CN(C(=O)OC(C)(C)C)CC[C@@H]2c2cc(F)cc(F)c2)c(C)c1. The first-order valence-corrected chi connectivity index (χ1v) is 14.8. The first kappa shape index (κ1) is 30.3. The topological polar surface area (TPSA) is 38.8 Å². The quantitative estimate of drug-likeness (QED) is 0.227. The van der Waals surface area contributed by atoms with Crippen LogP contribution in [0.3, 0.4) is 0 Å². The number of nitrogens with zero attached hydrogens (tertiary/aromatic N) is 1. The van der Waals surface area contributed by atoms with Crippen LogP contribution in [0.15, 0.2) is 84.9 Å². The lowest BCUT2D eigenvalue weighted by Gasteiger charge is -2.40. The molecule has 0 N–H and O–H groups in total. The number of hydrogen-bond acceptors (Lipinski definition) is 3. The second-order valence-electron chi connectivity index (χ2n) is 12.4. The van der Waals surface area contributed by atoms with Crippen molar-refractivity contribution in [2.24, 2.45) is 0 Å². The fourth-order valence-electron chi connectivity index (χ4n) is 6.01. The third-order valence-corrected chi connectivity index (χ3v) is 8.05. The normalized spacial score (nSPS) is 17.0. The van der Waals surface area contributed by atoms with Gasteiger partial charge in [-0.25, -0.2) is 13.6 Å². The van der Waals surface area contributed by atoms with Crippen LogP contribution in [0.25, 0.3) is 11.1 Å². The summed E-state index contributed by atoms with van der Waals surface area (Å²) in [7, 11) is 0. The molecule has 43 heavy (non-hydrogen) atoms. The molecule has 1 aliphatic heterocycles. The Hall–Kier alpha value is -4.19. The van der Waals surface area contributed by atoms with Crippen molar-refractivity contribution >= 4 is 6.09 Å². The van der Waals surface area contributed by atoms with Gasteiger partial charge in [-0.05, 0) is 104 Å². The van der Waals surface area contributed by atoms with Gasteiger partial charge in [0.15, 0.2) is 0 Å². The fraction of sp³-hybridized carbons (Fsp3) is 0.324. The molecular weight excluding hydrogens is 544 g/mol. The van der Waals surface area contributed by atoms with E-state index < -0.39 is 17.2 Å². The van der Waals surface area contributed by atoms with Gasteiger partial charge in [-0.3, -0.25) is 0 Å². The van der Waals surface area contributed by atoms with E-state index >= 15 is 0 Å². The van der Waals surface area contributed by atoms with E-state index in [1.54, 1.807) is 4.90 Å². The van der Waals surface area contributed by atoms with Gasteiger partial charge in [-0.1, -0.05) is 60.7 Å². The molecule has 6 heteroatoms. The van der Waals surface area contributed by atoms with Gasteiger partial charge < -0.3 is 14.4 Å². The molecule has 1 amide bonds. The highest BCUT2D eigenvalue weighted by Gasteiger charge is 2.36. The number of likely N-dealkylation sites (tertiary alicyclic amines) is 1. The number of piperidine rings is 1. The Morgan fingerprint density at radius 3 is 2.26 bits per heavy atom. The van der Waals surface area contributed by atoms with Gasteiger partial charge in [0, 0.05) is 25.1 Å². The number of rotatable bonds is 6. The molecule has 4 aromatic rings. The lowest BCUT2D eigenvalue weighted by Crippen LogP contribution is -2.44. The van der Waals surface area contributed by atoms with Gasteiger partial charge in [0.05, 0.1) is 0 Å². The van der Waals surface area contributed by atoms with E-state index in [1.807, 2.05) is 64.1 Å². The van der Waals surface area contributed by atoms with Gasteiger partial charge in [-0.2, -0.15) is 0 Å². The van der Waals surface area contributed by atoms with E-state index in [0.29, 0.717) is 31.7 Å². The summed E-state index contributed by atoms with van der Waals surface area (Å²) in [5.74, 6) is -0.672. The maximum atomic E-state index is 14.3. The van der Waals surface area contributed by atoms with Crippen LogP contribution in [0.1, 0.15) is 66.8 Å². The van der Waals surface area contributed by atoms with Gasteiger partial charge in [0.1, 0.15) is 29.6 Å². The lowest BCUT2D eigenvalue weighted by atomic mass is 9.75. The van der Waals surface area contributed by atoms with Crippen molar-refractivity contribution in [3.05, 3.63) is 124 Å². The van der Waals surface area contributed by atoms with Crippen molar-refractivity contribution in [2.75, 3.05) is 13.1 Å². The zero-order chi connectivity index (χ0) is 30.7. The van der Waals surface area contributed by atoms with Crippen LogP contribution < -0.4 is 4.74 Å². The number of benzene rings is 4. The Kier molecular flexibility index (Phi) is 8.86. The molecule has 224 valence electrons. The van der Waals surface area contributed by atoms with Gasteiger partial charge in [-0.15, -0.1) is 0 Å². The monoisotopic (exact) mass is 583 g/mol. The molecule has 0 aromatic heterocycles. The molecule has 4 aromatic carbocycles. The Bertz CT molecular complexity index is 1590. The maximum absolute atomic E-state index is 14.3. The first-order valence-electron chi connectivity index (χ1n) is 14.8. The number of carbonyl (C=O) groups excluding carboxylic acids is 1. The number of hydrogen-bond donors (Lipinski definition) is 0. The summed E-state index contributed by atoms with van der Waals surface area (Å²) in [5.41, 5.74) is 6.36. The minimum absolute atomic E-state index is 0.164. The van der Waals surface area contributed by atoms with Crippen molar-refractivity contribution in [2.45, 2.75) is 65.1 Å². The van der Waals surface area contributed by atoms with Crippen molar-refractivity contribution in [3.63, 3.8) is 0 Å². The van der Waals surface area contributed by atoms with Crippen molar-refractivity contribution in [3.8, 4) is 16.9 Å². The van der Waals surface area contributed by atoms with Crippen molar-refractivity contribution in [1.29, 1.82) is 0 Å². The van der Waals surface area contributed by atoms with Crippen LogP contribution >= 0.6 is 0 Å². The zero-order valence-corrected chi connectivity index (χ0v) is 25.5. The molecule has 1 aliphatic rings. The molecule has 0 bridgehead atoms. The van der Waals surface area contributed by atoms with Crippen LogP contribution in [0.2, 0.25) is 0 Å². The van der Waals surface area contributed by atoms with Crippen LogP contribution in [0.4, 0.5) is 13.6 Å². The summed E-state index contributed by atoms with van der Waals surface area (Å²) in [5, 5.41) is 0. The predicted molar refractivity (Wildman–Crippen MR) is 166 cm³/mol. The average molecular weight is 584 g/mol. The molecule has 4 nitrogen and oxygen atoms in total. The number of carbonyl (C=O) groups is 1. The third kappa shape index (κ3) is 7.24. The smallest absolute Gasteiger partial charge is 0.410 e. The molecule has 0 saturated carbocycles. The van der Waals surface area contributed by atoms with Crippen LogP contribution in [-0.2, 0) is 11.3 Å². The molecule has 0 spiro atoms. The number of amides is 1. The first-order chi connectivity index (χ1) is 20.5. The molecule has 1 saturated heterocycles. The van der Waals surface area contributed by atoms with E-state index in [4.69, 9.17) is 9.47 Å². The summed E-state index contributed by atoms with van der Waals surface area (Å²) in [6.07, 6.45) is 0.186. The highest BCUT2D eigenvalue weighted by atomic mass is 19.1. The Labute approximate surface area is 253 Å². The number of para-hydroxylation sites is 1. The fourth-order valence-corrected chi connectivity index (χ4v) is 6.01. The standard InChI is InChI=1S/C37H39F2NO3/c1-24-10-6-9-13-35(24)42-23-27-11-7-8-12-32(27)26-14-15-31(25(2)18-26)34-22-40(36(41)43-37(3,4)5)17-16-33(34)28-19-29(38)21-30(39)20-28/h6-15,18-21,33-34H,16-17,22-23H2,1-5H3/t33-,34-/m1/s1. The summed E-state index contributed by atoms with van der Waals surface area (Å²) < 4.78 is 40.5. The minimum atomic E-state index is -0.622. The molecular formula is C37H39F2NO3. The number of aryl methyl sites for hydroxylation is 2. The molecule has 1 fully saturated rings. The van der Waals surface area contributed by atoms with E-state index in [1.165, 1.54) is 12.1 Å². The summed E-state index contributed by atoms with van der Waals surface area (Å²) in [4.78, 5) is 14.8. The van der Waals surface area contributed by atoms with E-state index in [9.17, 15) is 13.6 Å².